The molecule has 1 N–H and O–H groups in total. The van der Waals surface area contributed by atoms with Crippen LogP contribution in [0.4, 0.5) is 5.82 Å². The molecular formula is C18H15N3O2. The second-order valence-electron chi connectivity index (χ2n) is 5.15. The van der Waals surface area contributed by atoms with Crippen molar-refractivity contribution in [2.24, 2.45) is 0 Å². The highest BCUT2D eigenvalue weighted by Gasteiger charge is 2.11. The van der Waals surface area contributed by atoms with Crippen LogP contribution in [0, 0.1) is 0 Å². The summed E-state index contributed by atoms with van der Waals surface area (Å²) in [5.41, 5.74) is 1.89. The van der Waals surface area contributed by atoms with Gasteiger partial charge < -0.3 is 14.8 Å². The van der Waals surface area contributed by atoms with Crippen LogP contribution in [-0.2, 0) is 9.47 Å². The summed E-state index contributed by atoms with van der Waals surface area (Å²) in [6.45, 7) is 0.798. The van der Waals surface area contributed by atoms with Crippen molar-refractivity contribution in [2.75, 3.05) is 18.7 Å². The van der Waals surface area contributed by atoms with Crippen molar-refractivity contribution >= 4 is 16.7 Å². The van der Waals surface area contributed by atoms with Crippen LogP contribution in [0.5, 0.6) is 0 Å². The lowest BCUT2D eigenvalue weighted by Gasteiger charge is -2.11. The lowest BCUT2D eigenvalue weighted by molar-refractivity contribution is 0.0805. The second-order valence-corrected chi connectivity index (χ2v) is 5.15. The third-order valence-corrected chi connectivity index (χ3v) is 3.59. The fraction of sp³-hybridized carbons (Fsp3) is 0.111. The zero-order chi connectivity index (χ0) is 15.5. The Morgan fingerprint density at radius 2 is 1.78 bits per heavy atom. The van der Waals surface area contributed by atoms with E-state index in [1.54, 1.807) is 6.26 Å². The Kier molecular flexibility index (Phi) is 3.52. The molecule has 1 aromatic heterocycles. The van der Waals surface area contributed by atoms with Crippen molar-refractivity contribution in [2.45, 2.75) is 0 Å². The predicted octanol–water partition coefficient (Wildman–Crippen LogP) is 3.55. The number of para-hydroxylation sites is 1. The lowest BCUT2D eigenvalue weighted by Crippen LogP contribution is -2.08. The van der Waals surface area contributed by atoms with Gasteiger partial charge in [-0.3, -0.25) is 0 Å². The van der Waals surface area contributed by atoms with Crippen molar-refractivity contribution in [1.82, 2.24) is 9.97 Å². The zero-order valence-corrected chi connectivity index (χ0v) is 12.4. The molecule has 0 spiro atoms. The fourth-order valence-electron chi connectivity index (χ4n) is 2.46. The monoisotopic (exact) mass is 305 g/mol. The Morgan fingerprint density at radius 3 is 2.61 bits per heavy atom. The molecule has 5 heteroatoms. The summed E-state index contributed by atoms with van der Waals surface area (Å²) in [4.78, 5) is 9.35. The quantitative estimate of drug-likeness (QED) is 0.799. The van der Waals surface area contributed by atoms with E-state index >= 15 is 0 Å². The maximum absolute atomic E-state index is 5.33. The summed E-state index contributed by atoms with van der Waals surface area (Å²) in [5.74, 6) is 2.24. The molecular weight excluding hydrogens is 290 g/mol. The van der Waals surface area contributed by atoms with Crippen molar-refractivity contribution in [3.05, 3.63) is 66.6 Å². The Hall–Kier alpha value is -3.08. The Morgan fingerprint density at radius 1 is 0.957 bits per heavy atom. The van der Waals surface area contributed by atoms with Gasteiger partial charge in [-0.05, 0) is 12.1 Å². The third kappa shape index (κ3) is 2.81. The molecule has 0 saturated carbocycles. The van der Waals surface area contributed by atoms with E-state index in [4.69, 9.17) is 9.47 Å². The van der Waals surface area contributed by atoms with Gasteiger partial charge in [0.15, 0.2) is 11.6 Å². The average Bonchev–Trinajstić information content (AvgIpc) is 3.14. The molecule has 1 aliphatic heterocycles. The molecule has 114 valence electrons. The molecule has 4 rings (SSSR count). The van der Waals surface area contributed by atoms with Crippen molar-refractivity contribution in [3.8, 4) is 11.4 Å². The van der Waals surface area contributed by atoms with Crippen LogP contribution in [0.2, 0.25) is 0 Å². The second kappa shape index (κ2) is 5.96. The van der Waals surface area contributed by atoms with Crippen LogP contribution < -0.4 is 5.32 Å². The van der Waals surface area contributed by atoms with E-state index in [1.165, 1.54) is 0 Å². The average molecular weight is 305 g/mol. The number of anilines is 1. The smallest absolute Gasteiger partial charge is 0.229 e. The number of nitrogens with zero attached hydrogens (tertiary/aromatic N) is 2. The molecule has 5 nitrogen and oxygen atoms in total. The molecule has 0 bridgehead atoms. The van der Waals surface area contributed by atoms with Gasteiger partial charge in [-0.15, -0.1) is 0 Å². The molecule has 0 atom stereocenters. The first kappa shape index (κ1) is 13.6. The minimum Gasteiger partial charge on any atom is -0.462 e. The van der Waals surface area contributed by atoms with Crippen LogP contribution in [0.3, 0.4) is 0 Å². The number of rotatable bonds is 4. The molecule has 0 fully saturated rings. The first-order valence-corrected chi connectivity index (χ1v) is 7.40. The normalized spacial score (nSPS) is 13.3. The van der Waals surface area contributed by atoms with E-state index < -0.39 is 0 Å². The summed E-state index contributed by atoms with van der Waals surface area (Å²) in [6, 6.07) is 17.9. The Balaban J connectivity index is 1.74. The summed E-state index contributed by atoms with van der Waals surface area (Å²) in [5, 5.41) is 4.29. The zero-order valence-electron chi connectivity index (χ0n) is 12.4. The molecule has 2 heterocycles. The third-order valence-electron chi connectivity index (χ3n) is 3.59. The number of hydrogen-bond acceptors (Lipinski definition) is 5. The van der Waals surface area contributed by atoms with Crippen LogP contribution >= 0.6 is 0 Å². The number of ether oxygens (including phenoxy) is 2. The van der Waals surface area contributed by atoms with E-state index in [0.29, 0.717) is 12.4 Å². The number of aromatic nitrogens is 2. The van der Waals surface area contributed by atoms with Gasteiger partial charge in [-0.25, -0.2) is 9.97 Å². The molecule has 0 amide bonds. The van der Waals surface area contributed by atoms with Crippen LogP contribution in [0.25, 0.3) is 22.3 Å². The molecule has 0 saturated heterocycles. The van der Waals surface area contributed by atoms with Crippen LogP contribution in [-0.4, -0.2) is 23.3 Å². The molecule has 3 aromatic rings. The molecule has 0 radical (unpaired) electrons. The Labute approximate surface area is 133 Å². The maximum atomic E-state index is 5.33. The van der Waals surface area contributed by atoms with Gasteiger partial charge in [-0.1, -0.05) is 42.5 Å². The number of fused-ring (bicyclic) bond motifs is 1. The van der Waals surface area contributed by atoms with E-state index in [0.717, 1.165) is 28.0 Å². The minimum absolute atomic E-state index is 0.275. The fourth-order valence-corrected chi connectivity index (χ4v) is 2.46. The van der Waals surface area contributed by atoms with Gasteiger partial charge in [0.05, 0.1) is 12.1 Å². The minimum atomic E-state index is 0.275. The Bertz CT molecular complexity index is 863. The number of benzene rings is 2. The first-order valence-electron chi connectivity index (χ1n) is 7.40. The standard InChI is InChI=1S/C18H15N3O2/c1-2-6-13(7-3-1)17-20-16-9-5-4-8-15(16)18(21-17)19-10-14-11-22-12-23-14/h1-9,11H,10,12H2,(H,19,20,21). The SMILES string of the molecule is C1=C(CNc2nc(-c3ccccc3)nc3ccccc23)OCO1. The topological polar surface area (TPSA) is 56.3 Å². The summed E-state index contributed by atoms with van der Waals surface area (Å²) in [7, 11) is 0. The van der Waals surface area contributed by atoms with E-state index in [1.807, 2.05) is 54.6 Å². The van der Waals surface area contributed by atoms with Gasteiger partial charge >= 0.3 is 0 Å². The van der Waals surface area contributed by atoms with Gasteiger partial charge in [0.25, 0.3) is 0 Å². The van der Waals surface area contributed by atoms with E-state index in [-0.39, 0.29) is 6.79 Å². The summed E-state index contributed by atoms with van der Waals surface area (Å²) >= 11 is 0. The molecule has 23 heavy (non-hydrogen) atoms. The maximum Gasteiger partial charge on any atom is 0.229 e. The van der Waals surface area contributed by atoms with Crippen molar-refractivity contribution < 1.29 is 9.47 Å². The molecule has 0 unspecified atom stereocenters. The van der Waals surface area contributed by atoms with Gasteiger partial charge in [0.2, 0.25) is 6.79 Å². The van der Waals surface area contributed by atoms with Gasteiger partial charge in [0.1, 0.15) is 12.1 Å². The van der Waals surface area contributed by atoms with E-state index in [9.17, 15) is 0 Å². The van der Waals surface area contributed by atoms with E-state index in [2.05, 4.69) is 15.3 Å². The summed E-state index contributed by atoms with van der Waals surface area (Å²) < 4.78 is 10.4. The highest BCUT2D eigenvalue weighted by molar-refractivity contribution is 5.90. The summed E-state index contributed by atoms with van der Waals surface area (Å²) in [6.07, 6.45) is 1.62. The number of nitrogens with one attached hydrogen (secondary N) is 1. The molecule has 0 aliphatic carbocycles. The highest BCUT2D eigenvalue weighted by Crippen LogP contribution is 2.25. The largest absolute Gasteiger partial charge is 0.462 e. The molecule has 2 aromatic carbocycles. The first-order chi connectivity index (χ1) is 11.4. The van der Waals surface area contributed by atoms with Gasteiger partial charge in [0, 0.05) is 10.9 Å². The molecule has 1 aliphatic rings. The predicted molar refractivity (Wildman–Crippen MR) is 88.6 cm³/mol. The highest BCUT2D eigenvalue weighted by atomic mass is 16.7. The van der Waals surface area contributed by atoms with Crippen molar-refractivity contribution in [1.29, 1.82) is 0 Å². The van der Waals surface area contributed by atoms with Gasteiger partial charge in [-0.2, -0.15) is 0 Å². The van der Waals surface area contributed by atoms with Crippen molar-refractivity contribution in [3.63, 3.8) is 0 Å². The number of hydrogen-bond donors (Lipinski definition) is 1. The lowest BCUT2D eigenvalue weighted by atomic mass is 10.2. The van der Waals surface area contributed by atoms with Crippen LogP contribution in [0.1, 0.15) is 0 Å². The van der Waals surface area contributed by atoms with Crippen LogP contribution in [0.15, 0.2) is 66.6 Å².